The van der Waals surface area contributed by atoms with Crippen molar-refractivity contribution < 1.29 is 22.6 Å². The molecule has 0 aliphatic carbocycles. The molecule has 0 aliphatic rings. The first-order valence-electron chi connectivity index (χ1n) is 5.11. The van der Waals surface area contributed by atoms with Gasteiger partial charge >= 0.3 is 6.36 Å². The zero-order valence-corrected chi connectivity index (χ0v) is 11.3. The molecule has 9 heteroatoms. The molecule has 1 N–H and O–H groups in total. The van der Waals surface area contributed by atoms with E-state index in [0.29, 0.717) is 0 Å². The molecule has 0 atom stereocenters. The molecule has 1 aromatic rings. The van der Waals surface area contributed by atoms with Crippen LogP contribution in [0.25, 0.3) is 0 Å². The van der Waals surface area contributed by atoms with Crippen molar-refractivity contribution in [3.8, 4) is 17.7 Å². The molecule has 0 radical (unpaired) electrons. The molecule has 0 fully saturated rings. The number of nitriles is 1. The lowest BCUT2D eigenvalue weighted by Crippen LogP contribution is -2.17. The van der Waals surface area contributed by atoms with Crippen LogP contribution in [0.1, 0.15) is 0 Å². The fraction of sp³-hybridized carbons (Fsp3) is 0.273. The van der Waals surface area contributed by atoms with Gasteiger partial charge in [0, 0.05) is 6.07 Å². The maximum absolute atomic E-state index is 12.3. The smallest absolute Gasteiger partial charge is 0.493 e. The summed E-state index contributed by atoms with van der Waals surface area (Å²) in [5.41, 5.74) is 0.192. The Morgan fingerprint density at radius 2 is 2.10 bits per heavy atom. The highest BCUT2D eigenvalue weighted by molar-refractivity contribution is 8.13. The Kier molecular flexibility index (Phi) is 5.52. The van der Waals surface area contributed by atoms with Gasteiger partial charge in [0.15, 0.2) is 22.9 Å². The summed E-state index contributed by atoms with van der Waals surface area (Å²) in [6, 6.07) is 3.81. The Balaban J connectivity index is 3.12. The van der Waals surface area contributed by atoms with E-state index < -0.39 is 12.1 Å². The number of rotatable bonds is 3. The zero-order chi connectivity index (χ0) is 15.2. The molecule has 1 rings (SSSR count). The van der Waals surface area contributed by atoms with E-state index in [0.717, 1.165) is 17.8 Å². The van der Waals surface area contributed by atoms with Crippen molar-refractivity contribution in [2.45, 2.75) is 6.36 Å². The Hall–Kier alpha value is -2.08. The van der Waals surface area contributed by atoms with Gasteiger partial charge in [0.1, 0.15) is 0 Å². The van der Waals surface area contributed by atoms with Crippen LogP contribution >= 0.6 is 11.8 Å². The van der Waals surface area contributed by atoms with E-state index >= 15 is 0 Å². The molecule has 0 spiro atoms. The average molecular weight is 305 g/mol. The molecular formula is C11H10F3N3O2S. The largest absolute Gasteiger partial charge is 0.573 e. The van der Waals surface area contributed by atoms with Crippen LogP contribution in [0.4, 0.5) is 18.9 Å². The summed E-state index contributed by atoms with van der Waals surface area (Å²) in [6.45, 7) is 0. The highest BCUT2D eigenvalue weighted by Gasteiger charge is 2.32. The van der Waals surface area contributed by atoms with Gasteiger partial charge in [-0.1, -0.05) is 11.8 Å². The van der Waals surface area contributed by atoms with Crippen molar-refractivity contribution in [2.75, 3.05) is 13.4 Å². The van der Waals surface area contributed by atoms with Crippen molar-refractivity contribution in [1.29, 1.82) is 5.26 Å². The quantitative estimate of drug-likeness (QED) is 0.402. The number of amidine groups is 1. The van der Waals surface area contributed by atoms with Crippen molar-refractivity contribution >= 4 is 22.6 Å². The average Bonchev–Trinajstić information content (AvgIpc) is 2.36. The van der Waals surface area contributed by atoms with E-state index in [4.69, 9.17) is 10.00 Å². The molecule has 20 heavy (non-hydrogen) atoms. The number of thioether (sulfide) groups is 1. The lowest BCUT2D eigenvalue weighted by molar-refractivity contribution is -0.275. The summed E-state index contributed by atoms with van der Waals surface area (Å²) in [5, 5.41) is 11.0. The lowest BCUT2D eigenvalue weighted by Gasteiger charge is -2.12. The first-order chi connectivity index (χ1) is 9.39. The van der Waals surface area contributed by atoms with Gasteiger partial charge in [0.05, 0.1) is 12.8 Å². The minimum absolute atomic E-state index is 0.0692. The second-order valence-electron chi connectivity index (χ2n) is 3.24. The minimum Gasteiger partial charge on any atom is -0.493 e. The van der Waals surface area contributed by atoms with E-state index in [1.807, 2.05) is 0 Å². The molecule has 0 aromatic heterocycles. The van der Waals surface area contributed by atoms with E-state index in [1.54, 1.807) is 12.4 Å². The molecule has 1 aromatic carbocycles. The molecular weight excluding hydrogens is 295 g/mol. The number of alkyl halides is 3. The summed E-state index contributed by atoms with van der Waals surface area (Å²) in [7, 11) is 1.23. The topological polar surface area (TPSA) is 66.6 Å². The number of ether oxygens (including phenoxy) is 2. The molecule has 5 nitrogen and oxygen atoms in total. The van der Waals surface area contributed by atoms with Crippen LogP contribution in [0.3, 0.4) is 0 Å². The number of aliphatic imine (C=N–C) groups is 1. The predicted octanol–water partition coefficient (Wildman–Crippen LogP) is 3.01. The molecule has 0 unspecified atom stereocenters. The summed E-state index contributed by atoms with van der Waals surface area (Å²) in [5.74, 6) is -0.570. The Morgan fingerprint density at radius 1 is 1.40 bits per heavy atom. The van der Waals surface area contributed by atoms with Crippen LogP contribution in [-0.4, -0.2) is 24.9 Å². The van der Waals surface area contributed by atoms with Crippen molar-refractivity contribution in [3.05, 3.63) is 18.2 Å². The second-order valence-corrected chi connectivity index (χ2v) is 4.04. The summed E-state index contributed by atoms with van der Waals surface area (Å²) in [4.78, 5) is 3.98. The molecule has 0 amide bonds. The third-order valence-electron chi connectivity index (χ3n) is 1.96. The van der Waals surface area contributed by atoms with Crippen molar-refractivity contribution in [3.63, 3.8) is 0 Å². The molecule has 0 heterocycles. The van der Waals surface area contributed by atoms with Gasteiger partial charge in [-0.25, -0.2) is 4.99 Å². The number of hydrogen-bond acceptors (Lipinski definition) is 5. The molecule has 108 valence electrons. The standard InChI is InChI=1S/C11H10F3N3O2S/c1-18-8-4-3-7(17-10(20-2)16-6-15)5-9(8)19-11(12,13)14/h3-5H,1-2H3,(H,16,17). The van der Waals surface area contributed by atoms with Gasteiger partial charge in [-0.15, -0.1) is 13.2 Å². The lowest BCUT2D eigenvalue weighted by atomic mass is 10.3. The van der Waals surface area contributed by atoms with Gasteiger partial charge in [-0.3, -0.25) is 5.32 Å². The van der Waals surface area contributed by atoms with Crippen molar-refractivity contribution in [1.82, 2.24) is 5.32 Å². The fourth-order valence-electron chi connectivity index (χ4n) is 1.23. The monoisotopic (exact) mass is 305 g/mol. The third-order valence-corrected chi connectivity index (χ3v) is 2.54. The van der Waals surface area contributed by atoms with Gasteiger partial charge in [-0.2, -0.15) is 5.26 Å². The SMILES string of the molecule is COc1ccc(N=C(NC#N)SC)cc1OC(F)(F)F. The number of nitrogens with one attached hydrogen (secondary N) is 1. The van der Waals surface area contributed by atoms with E-state index in [9.17, 15) is 13.2 Å². The fourth-order valence-corrected chi connectivity index (χ4v) is 1.57. The van der Waals surface area contributed by atoms with Crippen LogP contribution < -0.4 is 14.8 Å². The molecule has 0 saturated heterocycles. The highest BCUT2D eigenvalue weighted by atomic mass is 32.2. The van der Waals surface area contributed by atoms with Crippen LogP contribution in [0, 0.1) is 11.5 Å². The van der Waals surface area contributed by atoms with E-state index in [2.05, 4.69) is 15.0 Å². The van der Waals surface area contributed by atoms with Gasteiger partial charge in [0.25, 0.3) is 0 Å². The predicted molar refractivity (Wildman–Crippen MR) is 69.0 cm³/mol. The number of halogens is 3. The maximum Gasteiger partial charge on any atom is 0.573 e. The Labute approximate surface area is 117 Å². The van der Waals surface area contributed by atoms with Crippen LogP contribution in [0.15, 0.2) is 23.2 Å². The molecule has 0 saturated carbocycles. The van der Waals surface area contributed by atoms with Gasteiger partial charge in [0.2, 0.25) is 0 Å². The zero-order valence-electron chi connectivity index (χ0n) is 10.5. The Bertz CT molecular complexity index is 541. The van der Waals surface area contributed by atoms with Crippen molar-refractivity contribution in [2.24, 2.45) is 4.99 Å². The first-order valence-corrected chi connectivity index (χ1v) is 6.33. The van der Waals surface area contributed by atoms with Crippen LogP contribution in [-0.2, 0) is 0 Å². The highest BCUT2D eigenvalue weighted by Crippen LogP contribution is 2.35. The maximum atomic E-state index is 12.3. The molecule has 0 aliphatic heterocycles. The minimum atomic E-state index is -4.83. The van der Waals surface area contributed by atoms with Crippen LogP contribution in [0.2, 0.25) is 0 Å². The summed E-state index contributed by atoms with van der Waals surface area (Å²) < 4.78 is 45.4. The normalized spacial score (nSPS) is 11.7. The van der Waals surface area contributed by atoms with E-state index in [-0.39, 0.29) is 16.6 Å². The Morgan fingerprint density at radius 3 is 2.60 bits per heavy atom. The number of hydrogen-bond donors (Lipinski definition) is 1. The first kappa shape index (κ1) is 16.0. The number of methoxy groups -OCH3 is 1. The second kappa shape index (κ2) is 6.91. The third kappa shape index (κ3) is 4.89. The van der Waals surface area contributed by atoms with Gasteiger partial charge in [-0.05, 0) is 18.4 Å². The summed E-state index contributed by atoms with van der Waals surface area (Å²) in [6.07, 6.45) is -1.49. The van der Waals surface area contributed by atoms with Crippen LogP contribution in [0.5, 0.6) is 11.5 Å². The summed E-state index contributed by atoms with van der Waals surface area (Å²) >= 11 is 1.14. The molecule has 0 bridgehead atoms. The van der Waals surface area contributed by atoms with E-state index in [1.165, 1.54) is 19.2 Å². The number of nitrogens with zero attached hydrogens (tertiary/aromatic N) is 2. The number of benzene rings is 1. The van der Waals surface area contributed by atoms with Gasteiger partial charge < -0.3 is 9.47 Å².